The van der Waals surface area contributed by atoms with Gasteiger partial charge >= 0.3 is 5.97 Å². The van der Waals surface area contributed by atoms with E-state index < -0.39 is 12.0 Å². The molecule has 1 amide bonds. The zero-order valence-corrected chi connectivity index (χ0v) is 18.7. The number of ether oxygens (including phenoxy) is 3. The Hall–Kier alpha value is -2.48. The van der Waals surface area contributed by atoms with E-state index in [4.69, 9.17) is 14.2 Å². The van der Waals surface area contributed by atoms with Crippen LogP contribution in [-0.4, -0.2) is 48.0 Å². The molecule has 1 saturated heterocycles. The van der Waals surface area contributed by atoms with Crippen molar-refractivity contribution in [1.82, 2.24) is 4.90 Å². The summed E-state index contributed by atoms with van der Waals surface area (Å²) in [5, 5.41) is 0.614. The van der Waals surface area contributed by atoms with E-state index in [0.717, 1.165) is 18.4 Å². The Kier molecular flexibility index (Phi) is 7.42. The van der Waals surface area contributed by atoms with Crippen molar-refractivity contribution < 1.29 is 23.8 Å². The number of methoxy groups -OCH3 is 1. The summed E-state index contributed by atoms with van der Waals surface area (Å²) in [6.45, 7) is 6.86. The van der Waals surface area contributed by atoms with Gasteiger partial charge in [-0.15, -0.1) is 0 Å². The van der Waals surface area contributed by atoms with Crippen molar-refractivity contribution in [3.8, 4) is 11.5 Å². The van der Waals surface area contributed by atoms with Gasteiger partial charge in [0.25, 0.3) is 0 Å². The number of allylic oxidation sites excluding steroid dienone is 1. The number of hydrogen-bond donors (Lipinski definition) is 0. The molecule has 0 saturated carbocycles. The second kappa shape index (κ2) is 10.0. The van der Waals surface area contributed by atoms with Crippen LogP contribution in [0.3, 0.4) is 0 Å². The monoisotopic (exact) mass is 432 g/mol. The Morgan fingerprint density at radius 3 is 2.77 bits per heavy atom. The summed E-state index contributed by atoms with van der Waals surface area (Å²) in [4.78, 5) is 31.6. The number of rotatable bonds is 8. The molecule has 2 heterocycles. The number of amidine groups is 1. The summed E-state index contributed by atoms with van der Waals surface area (Å²) in [5.41, 5.74) is 1.67. The van der Waals surface area contributed by atoms with E-state index in [9.17, 15) is 9.59 Å². The number of fused-ring (bicyclic) bond motifs is 1. The van der Waals surface area contributed by atoms with Gasteiger partial charge < -0.3 is 14.2 Å². The average Bonchev–Trinajstić information content (AvgIpc) is 2.74. The van der Waals surface area contributed by atoms with E-state index in [1.54, 1.807) is 11.8 Å². The van der Waals surface area contributed by atoms with Gasteiger partial charge in [-0.3, -0.25) is 9.69 Å². The molecule has 8 heteroatoms. The fourth-order valence-electron chi connectivity index (χ4n) is 3.49. The van der Waals surface area contributed by atoms with Crippen molar-refractivity contribution in [2.45, 2.75) is 46.1 Å². The number of unbranched alkanes of at least 4 members (excludes halogenated alkanes) is 1. The van der Waals surface area contributed by atoms with Crippen molar-refractivity contribution in [3.63, 3.8) is 0 Å². The normalized spacial score (nSPS) is 18.7. The van der Waals surface area contributed by atoms with E-state index in [0.29, 0.717) is 53.3 Å². The molecule has 0 aromatic heterocycles. The highest BCUT2D eigenvalue weighted by Crippen LogP contribution is 2.42. The third kappa shape index (κ3) is 4.48. The topological polar surface area (TPSA) is 77.4 Å². The minimum atomic E-state index is -0.617. The van der Waals surface area contributed by atoms with Crippen molar-refractivity contribution in [3.05, 3.63) is 35.0 Å². The molecule has 0 bridgehead atoms. The number of carbonyl (C=O) groups excluding carboxylic acids is 2. The van der Waals surface area contributed by atoms with Crippen LogP contribution < -0.4 is 9.47 Å². The van der Waals surface area contributed by atoms with Crippen molar-refractivity contribution >= 4 is 28.8 Å². The Morgan fingerprint density at radius 2 is 2.07 bits per heavy atom. The molecule has 2 aliphatic rings. The van der Waals surface area contributed by atoms with Crippen LogP contribution in [0.5, 0.6) is 11.5 Å². The van der Waals surface area contributed by atoms with Crippen LogP contribution in [0.4, 0.5) is 0 Å². The van der Waals surface area contributed by atoms with Gasteiger partial charge in [-0.25, -0.2) is 9.79 Å². The Morgan fingerprint density at radius 1 is 1.27 bits per heavy atom. The number of esters is 1. The van der Waals surface area contributed by atoms with E-state index in [2.05, 4.69) is 11.9 Å². The lowest BCUT2D eigenvalue weighted by Crippen LogP contribution is -2.45. The maximum absolute atomic E-state index is 12.8. The molecule has 1 aromatic carbocycles. The summed E-state index contributed by atoms with van der Waals surface area (Å²) in [6.07, 6.45) is 2.38. The molecule has 162 valence electrons. The van der Waals surface area contributed by atoms with Gasteiger partial charge in [0.15, 0.2) is 16.7 Å². The molecular weight excluding hydrogens is 404 g/mol. The molecule has 0 N–H and O–H groups in total. The smallest absolute Gasteiger partial charge is 0.338 e. The van der Waals surface area contributed by atoms with Gasteiger partial charge in [-0.2, -0.15) is 0 Å². The van der Waals surface area contributed by atoms with Crippen molar-refractivity contribution in [2.75, 3.05) is 26.1 Å². The molecule has 7 nitrogen and oxygen atoms in total. The standard InChI is InChI=1S/C22H28N2O5S/c1-5-7-11-29-16-9-8-15(13-17(16)28-6-2)20-19(21(26)27-4)14(3)23-22-24(20)18(25)10-12-30-22/h8-9,13,20H,5-7,10-12H2,1-4H3/t20-/m1/s1. The second-order valence-electron chi connectivity index (χ2n) is 6.99. The first-order valence-electron chi connectivity index (χ1n) is 10.2. The first-order chi connectivity index (χ1) is 14.5. The largest absolute Gasteiger partial charge is 0.490 e. The summed E-state index contributed by atoms with van der Waals surface area (Å²) in [7, 11) is 1.34. The van der Waals surface area contributed by atoms with E-state index in [1.807, 2.05) is 25.1 Å². The van der Waals surface area contributed by atoms with Gasteiger partial charge in [-0.1, -0.05) is 31.2 Å². The van der Waals surface area contributed by atoms with Crippen LogP contribution in [0.25, 0.3) is 0 Å². The molecule has 0 radical (unpaired) electrons. The van der Waals surface area contributed by atoms with Crippen LogP contribution in [-0.2, 0) is 14.3 Å². The molecular formula is C22H28N2O5S. The summed E-state index contributed by atoms with van der Waals surface area (Å²) in [6, 6.07) is 4.95. The number of benzene rings is 1. The zero-order valence-electron chi connectivity index (χ0n) is 17.9. The van der Waals surface area contributed by atoms with Gasteiger partial charge in [0.05, 0.1) is 37.6 Å². The van der Waals surface area contributed by atoms with Gasteiger partial charge in [-0.05, 0) is 38.0 Å². The molecule has 0 unspecified atom stereocenters. The fraction of sp³-hybridized carbons (Fsp3) is 0.500. The molecule has 2 aliphatic heterocycles. The predicted molar refractivity (Wildman–Crippen MR) is 117 cm³/mol. The summed E-state index contributed by atoms with van der Waals surface area (Å²) < 4.78 is 16.7. The Balaban J connectivity index is 2.07. The lowest BCUT2D eigenvalue weighted by Gasteiger charge is -2.38. The van der Waals surface area contributed by atoms with Crippen molar-refractivity contribution in [1.29, 1.82) is 0 Å². The van der Waals surface area contributed by atoms with Crippen LogP contribution in [0.1, 0.15) is 51.6 Å². The first kappa shape index (κ1) is 22.2. The average molecular weight is 433 g/mol. The van der Waals surface area contributed by atoms with Crippen LogP contribution in [0.2, 0.25) is 0 Å². The highest BCUT2D eigenvalue weighted by Gasteiger charge is 2.41. The molecule has 30 heavy (non-hydrogen) atoms. The maximum Gasteiger partial charge on any atom is 0.338 e. The maximum atomic E-state index is 12.8. The van der Waals surface area contributed by atoms with E-state index in [1.165, 1.54) is 18.9 Å². The number of aliphatic imine (C=N–C) groups is 1. The molecule has 0 aliphatic carbocycles. The van der Waals surface area contributed by atoms with E-state index >= 15 is 0 Å². The SMILES string of the molecule is CCCCOc1ccc([C@@H]2C(C(=O)OC)=C(C)N=C3SCCC(=O)N32)cc1OCC. The highest BCUT2D eigenvalue weighted by atomic mass is 32.2. The minimum Gasteiger partial charge on any atom is -0.490 e. The lowest BCUT2D eigenvalue weighted by molar-refractivity contribution is -0.137. The zero-order chi connectivity index (χ0) is 21.7. The van der Waals surface area contributed by atoms with Crippen LogP contribution in [0, 0.1) is 0 Å². The highest BCUT2D eigenvalue weighted by molar-refractivity contribution is 8.14. The minimum absolute atomic E-state index is 0.0624. The quantitative estimate of drug-likeness (QED) is 0.455. The van der Waals surface area contributed by atoms with Gasteiger partial charge in [0, 0.05) is 12.2 Å². The predicted octanol–water partition coefficient (Wildman–Crippen LogP) is 4.09. The molecule has 0 spiro atoms. The second-order valence-corrected chi connectivity index (χ2v) is 8.05. The lowest BCUT2D eigenvalue weighted by atomic mass is 9.94. The number of amides is 1. The number of nitrogens with zero attached hydrogens (tertiary/aromatic N) is 2. The molecule has 1 atom stereocenters. The molecule has 1 aromatic rings. The van der Waals surface area contributed by atoms with Gasteiger partial charge in [0.1, 0.15) is 0 Å². The fourth-order valence-corrected chi connectivity index (χ4v) is 4.50. The van der Waals surface area contributed by atoms with Crippen LogP contribution in [0.15, 0.2) is 34.5 Å². The van der Waals surface area contributed by atoms with Gasteiger partial charge in [0.2, 0.25) is 5.91 Å². The molecule has 1 fully saturated rings. The number of thioether (sulfide) groups is 1. The van der Waals surface area contributed by atoms with Crippen molar-refractivity contribution in [2.24, 2.45) is 4.99 Å². The summed E-state index contributed by atoms with van der Waals surface area (Å²) in [5.74, 6) is 1.36. The Labute approximate surface area is 181 Å². The number of hydrogen-bond acceptors (Lipinski definition) is 7. The third-order valence-corrected chi connectivity index (χ3v) is 5.91. The summed E-state index contributed by atoms with van der Waals surface area (Å²) >= 11 is 1.52. The Bertz CT molecular complexity index is 880. The first-order valence-corrected chi connectivity index (χ1v) is 11.2. The van der Waals surface area contributed by atoms with Crippen LogP contribution >= 0.6 is 11.8 Å². The number of carbonyl (C=O) groups is 2. The third-order valence-electron chi connectivity index (χ3n) is 4.95. The molecule has 3 rings (SSSR count). The van der Waals surface area contributed by atoms with E-state index in [-0.39, 0.29) is 5.91 Å².